The third-order valence-electron chi connectivity index (χ3n) is 3.26. The molecule has 0 aliphatic heterocycles. The third kappa shape index (κ3) is 11.3. The highest BCUT2D eigenvalue weighted by atomic mass is 32.2. The van der Waals surface area contributed by atoms with Gasteiger partial charge in [-0.05, 0) is 39.4 Å². The van der Waals surface area contributed by atoms with Crippen LogP contribution in [-0.2, 0) is 9.53 Å². The van der Waals surface area contributed by atoms with Crippen LogP contribution in [0.1, 0.15) is 79.6 Å². The molecule has 22 heavy (non-hydrogen) atoms. The average molecular weight is 339 g/mol. The number of carbonyl (C=O) groups excluding carboxylic acids is 1. The van der Waals surface area contributed by atoms with E-state index in [9.17, 15) is 13.6 Å². The van der Waals surface area contributed by atoms with E-state index in [2.05, 4.69) is 6.92 Å². The highest BCUT2D eigenvalue weighted by Crippen LogP contribution is 2.27. The number of esters is 1. The maximum Gasteiger partial charge on any atom is 0.319 e. The number of halogens is 2. The number of hydrogen-bond acceptors (Lipinski definition) is 3. The fourth-order valence-corrected chi connectivity index (χ4v) is 3.06. The first kappa shape index (κ1) is 21.7. The number of rotatable bonds is 11. The predicted molar refractivity (Wildman–Crippen MR) is 90.7 cm³/mol. The fraction of sp³-hybridized carbons (Fsp3) is 0.941. The predicted octanol–water partition coefficient (Wildman–Crippen LogP) is 5.84. The van der Waals surface area contributed by atoms with Gasteiger partial charge in [-0.25, -0.2) is 8.78 Å². The molecule has 0 amide bonds. The normalized spacial score (nSPS) is 14.0. The Morgan fingerprint density at radius 3 is 2.27 bits per heavy atom. The lowest BCUT2D eigenvalue weighted by molar-refractivity contribution is -0.154. The summed E-state index contributed by atoms with van der Waals surface area (Å²) in [6, 6.07) is 0. The highest BCUT2D eigenvalue weighted by molar-refractivity contribution is 8.00. The van der Waals surface area contributed by atoms with Gasteiger partial charge in [0.15, 0.2) is 0 Å². The van der Waals surface area contributed by atoms with E-state index >= 15 is 0 Å². The average Bonchev–Trinajstić information content (AvgIpc) is 2.39. The van der Waals surface area contributed by atoms with Crippen molar-refractivity contribution in [2.24, 2.45) is 0 Å². The lowest BCUT2D eigenvalue weighted by atomic mass is 10.1. The maximum atomic E-state index is 13.2. The third-order valence-corrected chi connectivity index (χ3v) is 4.62. The van der Waals surface area contributed by atoms with E-state index in [-0.39, 0.29) is 24.1 Å². The molecule has 0 fully saturated rings. The molecule has 132 valence electrons. The van der Waals surface area contributed by atoms with Crippen LogP contribution in [-0.4, -0.2) is 28.5 Å². The summed E-state index contributed by atoms with van der Waals surface area (Å²) in [4.78, 5) is 12.2. The van der Waals surface area contributed by atoms with Crippen LogP contribution in [0.25, 0.3) is 0 Å². The zero-order chi connectivity index (χ0) is 17.2. The van der Waals surface area contributed by atoms with Crippen molar-refractivity contribution in [3.63, 3.8) is 0 Å². The molecule has 0 heterocycles. The number of thioether (sulfide) groups is 1. The molecule has 0 spiro atoms. The Morgan fingerprint density at radius 1 is 1.14 bits per heavy atom. The summed E-state index contributed by atoms with van der Waals surface area (Å²) >= 11 is 1.46. The number of unbranched alkanes of at least 4 members (excludes halogenated alkanes) is 2. The molecule has 0 bridgehead atoms. The van der Waals surface area contributed by atoms with Crippen molar-refractivity contribution in [2.75, 3.05) is 5.75 Å². The summed E-state index contributed by atoms with van der Waals surface area (Å²) < 4.78 is 31.9. The molecule has 1 atom stereocenters. The fourth-order valence-electron chi connectivity index (χ4n) is 1.95. The molecule has 0 radical (unpaired) electrons. The molecular weight excluding hydrogens is 306 g/mol. The van der Waals surface area contributed by atoms with E-state index in [0.29, 0.717) is 12.2 Å². The van der Waals surface area contributed by atoms with Crippen molar-refractivity contribution in [1.82, 2.24) is 0 Å². The van der Waals surface area contributed by atoms with Crippen LogP contribution in [0.15, 0.2) is 0 Å². The summed E-state index contributed by atoms with van der Waals surface area (Å²) in [5.41, 5.74) is -0.504. The highest BCUT2D eigenvalue weighted by Gasteiger charge is 2.27. The zero-order valence-corrected chi connectivity index (χ0v) is 15.5. The Hall–Kier alpha value is -0.320. The van der Waals surface area contributed by atoms with Crippen LogP contribution in [0.5, 0.6) is 0 Å². The molecule has 0 aliphatic rings. The second kappa shape index (κ2) is 10.5. The van der Waals surface area contributed by atoms with E-state index in [1.807, 2.05) is 20.8 Å². The topological polar surface area (TPSA) is 26.3 Å². The minimum atomic E-state index is -2.58. The first-order valence-corrected chi connectivity index (χ1v) is 9.38. The first-order valence-electron chi connectivity index (χ1n) is 8.33. The van der Waals surface area contributed by atoms with Crippen molar-refractivity contribution < 1.29 is 18.3 Å². The van der Waals surface area contributed by atoms with Crippen molar-refractivity contribution in [2.45, 2.75) is 96.3 Å². The lowest BCUT2D eigenvalue weighted by Crippen LogP contribution is -2.30. The summed E-state index contributed by atoms with van der Waals surface area (Å²) in [6.45, 7) is 9.16. The van der Waals surface area contributed by atoms with Gasteiger partial charge in [-0.3, -0.25) is 4.79 Å². The first-order chi connectivity index (χ1) is 10.1. The summed E-state index contributed by atoms with van der Waals surface area (Å²) in [7, 11) is 0. The molecular formula is C17H32F2O2S. The van der Waals surface area contributed by atoms with E-state index < -0.39 is 11.5 Å². The minimum absolute atomic E-state index is 0.105. The van der Waals surface area contributed by atoms with Crippen LogP contribution < -0.4 is 0 Å². The van der Waals surface area contributed by atoms with E-state index in [4.69, 9.17) is 4.74 Å². The number of carbonyl (C=O) groups is 1. The molecule has 0 aromatic rings. The Morgan fingerprint density at radius 2 is 1.77 bits per heavy atom. The van der Waals surface area contributed by atoms with Gasteiger partial charge < -0.3 is 4.74 Å². The van der Waals surface area contributed by atoms with Gasteiger partial charge in [0.25, 0.3) is 0 Å². The molecule has 0 saturated carbocycles. The molecule has 0 aromatic heterocycles. The van der Waals surface area contributed by atoms with Gasteiger partial charge >= 0.3 is 5.97 Å². The molecule has 5 heteroatoms. The molecule has 0 aliphatic carbocycles. The van der Waals surface area contributed by atoms with Crippen molar-refractivity contribution in [3.8, 4) is 0 Å². The van der Waals surface area contributed by atoms with Crippen LogP contribution in [0.2, 0.25) is 0 Å². The lowest BCUT2D eigenvalue weighted by Gasteiger charge is -2.24. The van der Waals surface area contributed by atoms with Gasteiger partial charge in [-0.2, -0.15) is 0 Å². The quantitative estimate of drug-likeness (QED) is 0.350. The maximum absolute atomic E-state index is 13.2. The molecule has 0 rings (SSSR count). The molecule has 2 nitrogen and oxygen atoms in total. The largest absolute Gasteiger partial charge is 0.459 e. The standard InChI is InChI=1S/C17H32F2O2S/c1-6-8-9-11-14(15(20)21-16(3,4)5)22-13-10-12-17(18,19)7-2/h14H,6-13H2,1-5H3. The zero-order valence-electron chi connectivity index (χ0n) is 14.7. The number of alkyl halides is 2. The van der Waals surface area contributed by atoms with Gasteiger partial charge in [0.05, 0.1) is 0 Å². The monoisotopic (exact) mass is 338 g/mol. The van der Waals surface area contributed by atoms with Crippen LogP contribution >= 0.6 is 11.8 Å². The molecule has 0 N–H and O–H groups in total. The minimum Gasteiger partial charge on any atom is -0.459 e. The Bertz CT molecular complexity index is 314. The molecule has 0 saturated heterocycles. The van der Waals surface area contributed by atoms with E-state index in [0.717, 1.165) is 25.7 Å². The molecule has 1 unspecified atom stereocenters. The van der Waals surface area contributed by atoms with Crippen LogP contribution in [0.4, 0.5) is 8.78 Å². The van der Waals surface area contributed by atoms with Gasteiger partial charge in [0.1, 0.15) is 10.9 Å². The van der Waals surface area contributed by atoms with Crippen molar-refractivity contribution in [1.29, 1.82) is 0 Å². The summed E-state index contributed by atoms with van der Waals surface area (Å²) in [5, 5.41) is -0.235. The SMILES string of the molecule is CCCCCC(SCCCC(F)(F)CC)C(=O)OC(C)(C)C. The van der Waals surface area contributed by atoms with Crippen molar-refractivity contribution >= 4 is 17.7 Å². The Labute approximate surface area is 138 Å². The number of hydrogen-bond donors (Lipinski definition) is 0. The van der Waals surface area contributed by atoms with Gasteiger partial charge in [0, 0.05) is 12.8 Å². The van der Waals surface area contributed by atoms with Crippen molar-refractivity contribution in [3.05, 3.63) is 0 Å². The van der Waals surface area contributed by atoms with Gasteiger partial charge in [-0.15, -0.1) is 11.8 Å². The number of ether oxygens (including phenoxy) is 1. The van der Waals surface area contributed by atoms with Gasteiger partial charge in [-0.1, -0.05) is 33.1 Å². The smallest absolute Gasteiger partial charge is 0.319 e. The second-order valence-corrected chi connectivity index (χ2v) is 8.01. The Balaban J connectivity index is 4.32. The van der Waals surface area contributed by atoms with Crippen LogP contribution in [0.3, 0.4) is 0 Å². The second-order valence-electron chi connectivity index (χ2n) is 6.70. The van der Waals surface area contributed by atoms with E-state index in [1.165, 1.54) is 18.7 Å². The van der Waals surface area contributed by atoms with E-state index in [1.54, 1.807) is 0 Å². The van der Waals surface area contributed by atoms with Crippen LogP contribution in [0, 0.1) is 0 Å². The molecule has 0 aromatic carbocycles. The summed E-state index contributed by atoms with van der Waals surface area (Å²) in [5.74, 6) is -2.22. The summed E-state index contributed by atoms with van der Waals surface area (Å²) in [6.07, 6.45) is 4.10. The Kier molecular flexibility index (Phi) is 10.3. The van der Waals surface area contributed by atoms with Gasteiger partial charge in [0.2, 0.25) is 5.92 Å².